The molecule has 0 spiro atoms. The SMILES string of the molecule is O=C(NNC(=O)C1CCCC(NC(=O)C(=O)O)C1)OCC1c2ccccc2-c2ccccc21. The molecule has 9 heteroatoms. The van der Waals surface area contributed by atoms with Crippen LogP contribution in [0.1, 0.15) is 42.7 Å². The van der Waals surface area contributed by atoms with Gasteiger partial charge >= 0.3 is 18.0 Å². The first kappa shape index (κ1) is 22.3. The van der Waals surface area contributed by atoms with Crippen molar-refractivity contribution in [2.75, 3.05) is 6.61 Å². The van der Waals surface area contributed by atoms with Crippen molar-refractivity contribution in [3.63, 3.8) is 0 Å². The molecule has 2 aromatic carbocycles. The highest BCUT2D eigenvalue weighted by atomic mass is 16.6. The molecular weight excluding hydrogens is 426 g/mol. The van der Waals surface area contributed by atoms with Crippen molar-refractivity contribution in [2.24, 2.45) is 5.92 Å². The maximum Gasteiger partial charge on any atom is 0.426 e. The van der Waals surface area contributed by atoms with Crippen LogP contribution in [-0.4, -0.2) is 41.6 Å². The van der Waals surface area contributed by atoms with Gasteiger partial charge in [-0.2, -0.15) is 0 Å². The molecule has 9 nitrogen and oxygen atoms in total. The zero-order valence-electron chi connectivity index (χ0n) is 17.9. The first-order valence-corrected chi connectivity index (χ1v) is 10.9. The highest BCUT2D eigenvalue weighted by molar-refractivity contribution is 6.31. The van der Waals surface area contributed by atoms with Crippen LogP contribution in [0.3, 0.4) is 0 Å². The van der Waals surface area contributed by atoms with Gasteiger partial charge in [0.2, 0.25) is 5.91 Å². The molecule has 172 valence electrons. The number of hydrogen-bond acceptors (Lipinski definition) is 5. The molecule has 2 unspecified atom stereocenters. The number of aliphatic carboxylic acids is 1. The van der Waals surface area contributed by atoms with E-state index in [4.69, 9.17) is 9.84 Å². The van der Waals surface area contributed by atoms with Crippen LogP contribution in [0.2, 0.25) is 0 Å². The summed E-state index contributed by atoms with van der Waals surface area (Å²) in [6.45, 7) is 0.127. The molecule has 0 aromatic heterocycles. The Morgan fingerprint density at radius 1 is 0.909 bits per heavy atom. The average molecular weight is 451 g/mol. The number of benzene rings is 2. The van der Waals surface area contributed by atoms with Gasteiger partial charge in [-0.3, -0.25) is 15.0 Å². The van der Waals surface area contributed by atoms with Gasteiger partial charge < -0.3 is 15.2 Å². The molecule has 2 aromatic rings. The van der Waals surface area contributed by atoms with Crippen LogP contribution in [0.5, 0.6) is 0 Å². The van der Waals surface area contributed by atoms with Gasteiger partial charge in [0.25, 0.3) is 0 Å². The quantitative estimate of drug-likeness (QED) is 0.416. The fourth-order valence-corrected chi connectivity index (χ4v) is 4.66. The standard InChI is InChI=1S/C24H25N3O6/c28-21(14-6-5-7-15(12-14)25-22(29)23(30)31)26-27-24(32)33-13-20-18-10-3-1-8-16(18)17-9-2-4-11-19(17)20/h1-4,8-11,14-15,20H,5-7,12-13H2,(H,25,29)(H,26,28)(H,27,32)(H,30,31). The van der Waals surface area contributed by atoms with Gasteiger partial charge in [0, 0.05) is 17.9 Å². The van der Waals surface area contributed by atoms with Crippen LogP contribution in [-0.2, 0) is 19.1 Å². The van der Waals surface area contributed by atoms with E-state index in [0.717, 1.165) is 22.3 Å². The number of carbonyl (C=O) groups excluding carboxylic acids is 3. The lowest BCUT2D eigenvalue weighted by Gasteiger charge is -2.28. The molecule has 1 fully saturated rings. The van der Waals surface area contributed by atoms with Crippen LogP contribution < -0.4 is 16.2 Å². The minimum Gasteiger partial charge on any atom is -0.474 e. The maximum atomic E-state index is 12.4. The normalized spacial score (nSPS) is 19.0. The van der Waals surface area contributed by atoms with Gasteiger partial charge in [0.05, 0.1) is 0 Å². The minimum atomic E-state index is -1.56. The van der Waals surface area contributed by atoms with E-state index in [1.165, 1.54) is 0 Å². The number of amides is 3. The van der Waals surface area contributed by atoms with Crippen molar-refractivity contribution < 1.29 is 29.0 Å². The molecule has 33 heavy (non-hydrogen) atoms. The Bertz CT molecular complexity index is 1040. The van der Waals surface area contributed by atoms with E-state index in [1.807, 2.05) is 48.5 Å². The molecule has 0 saturated heterocycles. The van der Waals surface area contributed by atoms with Gasteiger partial charge in [-0.05, 0) is 41.5 Å². The van der Waals surface area contributed by atoms with E-state index in [1.54, 1.807) is 0 Å². The molecule has 0 bridgehead atoms. The molecule has 2 aliphatic rings. The average Bonchev–Trinajstić information content (AvgIpc) is 3.15. The van der Waals surface area contributed by atoms with Gasteiger partial charge in [-0.15, -0.1) is 0 Å². The van der Waals surface area contributed by atoms with E-state index in [2.05, 4.69) is 16.2 Å². The van der Waals surface area contributed by atoms with E-state index < -0.39 is 35.8 Å². The smallest absolute Gasteiger partial charge is 0.426 e. The molecule has 0 aliphatic heterocycles. The topological polar surface area (TPSA) is 134 Å². The number of carboxylic acid groups (broad SMARTS) is 1. The zero-order valence-corrected chi connectivity index (χ0v) is 17.9. The monoisotopic (exact) mass is 451 g/mol. The number of fused-ring (bicyclic) bond motifs is 3. The lowest BCUT2D eigenvalue weighted by atomic mass is 9.85. The lowest BCUT2D eigenvalue weighted by molar-refractivity contribution is -0.150. The van der Waals surface area contributed by atoms with E-state index in [-0.39, 0.29) is 12.5 Å². The van der Waals surface area contributed by atoms with Crippen molar-refractivity contribution in [2.45, 2.75) is 37.6 Å². The fourth-order valence-electron chi connectivity index (χ4n) is 4.66. The second-order valence-corrected chi connectivity index (χ2v) is 8.28. The third-order valence-electron chi connectivity index (χ3n) is 6.21. The summed E-state index contributed by atoms with van der Waals surface area (Å²) in [5, 5.41) is 11.1. The first-order chi connectivity index (χ1) is 15.9. The van der Waals surface area contributed by atoms with Gasteiger partial charge in [-0.25, -0.2) is 15.0 Å². The predicted molar refractivity (Wildman–Crippen MR) is 118 cm³/mol. The molecule has 2 atom stereocenters. The molecule has 3 amide bonds. The number of rotatable bonds is 4. The Morgan fingerprint density at radius 3 is 2.18 bits per heavy atom. The Hall–Kier alpha value is -3.88. The van der Waals surface area contributed by atoms with Gasteiger partial charge in [0.1, 0.15) is 6.61 Å². The largest absolute Gasteiger partial charge is 0.474 e. The summed E-state index contributed by atoms with van der Waals surface area (Å²) in [4.78, 5) is 46.7. The van der Waals surface area contributed by atoms with E-state index in [0.29, 0.717) is 25.7 Å². The summed E-state index contributed by atoms with van der Waals surface area (Å²) in [5.74, 6) is -3.59. The minimum absolute atomic E-state index is 0.0872. The number of carboxylic acids is 1. The van der Waals surface area contributed by atoms with Crippen LogP contribution in [0.4, 0.5) is 4.79 Å². The number of hydrogen-bond donors (Lipinski definition) is 4. The summed E-state index contributed by atoms with van der Waals surface area (Å²) in [7, 11) is 0. The van der Waals surface area contributed by atoms with Crippen molar-refractivity contribution in [3.8, 4) is 11.1 Å². The van der Waals surface area contributed by atoms with Crippen molar-refractivity contribution in [3.05, 3.63) is 59.7 Å². The zero-order chi connectivity index (χ0) is 23.4. The van der Waals surface area contributed by atoms with Crippen molar-refractivity contribution >= 4 is 23.9 Å². The highest BCUT2D eigenvalue weighted by Crippen LogP contribution is 2.44. The lowest BCUT2D eigenvalue weighted by Crippen LogP contribution is -2.48. The van der Waals surface area contributed by atoms with Crippen molar-refractivity contribution in [1.29, 1.82) is 0 Å². The molecule has 2 aliphatic carbocycles. The van der Waals surface area contributed by atoms with Crippen LogP contribution in [0.25, 0.3) is 11.1 Å². The number of carbonyl (C=O) groups is 4. The number of hydrazine groups is 1. The summed E-state index contributed by atoms with van der Waals surface area (Å²) < 4.78 is 5.39. The summed E-state index contributed by atoms with van der Waals surface area (Å²) >= 11 is 0. The Labute approximate surface area is 190 Å². The van der Waals surface area contributed by atoms with Gasteiger partial charge in [0.15, 0.2) is 0 Å². The second kappa shape index (κ2) is 9.72. The fraction of sp³-hybridized carbons (Fsp3) is 0.333. The van der Waals surface area contributed by atoms with E-state index >= 15 is 0 Å². The summed E-state index contributed by atoms with van der Waals surface area (Å²) in [6, 6.07) is 15.6. The molecule has 4 rings (SSSR count). The summed E-state index contributed by atoms with van der Waals surface area (Å²) in [6.07, 6.45) is 1.38. The predicted octanol–water partition coefficient (Wildman–Crippen LogP) is 2.32. The third-order valence-corrected chi connectivity index (χ3v) is 6.21. The van der Waals surface area contributed by atoms with Crippen LogP contribution >= 0.6 is 0 Å². The number of nitrogens with one attached hydrogen (secondary N) is 3. The first-order valence-electron chi connectivity index (χ1n) is 10.9. The van der Waals surface area contributed by atoms with Crippen LogP contribution in [0.15, 0.2) is 48.5 Å². The van der Waals surface area contributed by atoms with Gasteiger partial charge in [-0.1, -0.05) is 55.0 Å². The molecular formula is C24H25N3O6. The van der Waals surface area contributed by atoms with E-state index in [9.17, 15) is 19.2 Å². The Morgan fingerprint density at radius 2 is 1.55 bits per heavy atom. The molecule has 1 saturated carbocycles. The maximum absolute atomic E-state index is 12.4. The second-order valence-electron chi connectivity index (χ2n) is 8.28. The molecule has 4 N–H and O–H groups in total. The summed E-state index contributed by atoms with van der Waals surface area (Å²) in [5.41, 5.74) is 9.08. The Balaban J connectivity index is 1.27. The van der Waals surface area contributed by atoms with Crippen LogP contribution in [0, 0.1) is 5.92 Å². The highest BCUT2D eigenvalue weighted by Gasteiger charge is 2.31. The molecule has 0 heterocycles. The number of ether oxygens (including phenoxy) is 1. The van der Waals surface area contributed by atoms with Crippen molar-refractivity contribution in [1.82, 2.24) is 16.2 Å². The molecule has 0 radical (unpaired) electrons. The Kier molecular flexibility index (Phi) is 6.58. The third kappa shape index (κ3) is 4.97.